The zero-order chi connectivity index (χ0) is 19.4. The second kappa shape index (κ2) is 7.99. The van der Waals surface area contributed by atoms with Crippen molar-refractivity contribution in [3.05, 3.63) is 34.8 Å². The number of nitrogens with one attached hydrogen (secondary N) is 1. The smallest absolute Gasteiger partial charge is 0.339 e. The molecule has 0 bridgehead atoms. The van der Waals surface area contributed by atoms with Gasteiger partial charge >= 0.3 is 5.97 Å². The number of aryl methyl sites for hydroxylation is 2. The number of aromatic nitrogens is 3. The van der Waals surface area contributed by atoms with E-state index in [2.05, 4.69) is 15.4 Å². The van der Waals surface area contributed by atoms with Crippen molar-refractivity contribution >= 4 is 23.4 Å². The largest absolute Gasteiger partial charge is 0.478 e. The van der Waals surface area contributed by atoms with Crippen LogP contribution in [0.3, 0.4) is 0 Å². The summed E-state index contributed by atoms with van der Waals surface area (Å²) in [4.78, 5) is 28.8. The molecule has 0 saturated heterocycles. The predicted molar refractivity (Wildman–Crippen MR) is 99.8 cm³/mol. The van der Waals surface area contributed by atoms with Gasteiger partial charge in [-0.25, -0.2) is 9.78 Å². The highest BCUT2D eigenvalue weighted by Gasteiger charge is 2.17. The van der Waals surface area contributed by atoms with E-state index >= 15 is 0 Å². The summed E-state index contributed by atoms with van der Waals surface area (Å²) in [6, 6.07) is 1.43. The summed E-state index contributed by atoms with van der Waals surface area (Å²) in [5.41, 5.74) is 3.83. The molecular weight excluding hydrogens is 334 g/mol. The van der Waals surface area contributed by atoms with Gasteiger partial charge in [0.05, 0.1) is 17.6 Å². The molecule has 0 aliphatic rings. The van der Waals surface area contributed by atoms with Crippen molar-refractivity contribution in [3.8, 4) is 0 Å². The Morgan fingerprint density at radius 1 is 1.35 bits per heavy atom. The van der Waals surface area contributed by atoms with Crippen molar-refractivity contribution in [2.45, 2.75) is 33.6 Å². The first-order valence-corrected chi connectivity index (χ1v) is 8.41. The van der Waals surface area contributed by atoms with E-state index in [1.807, 2.05) is 37.5 Å². The molecule has 2 aromatic heterocycles. The van der Waals surface area contributed by atoms with Crippen LogP contribution in [0.5, 0.6) is 0 Å². The highest BCUT2D eigenvalue weighted by Crippen LogP contribution is 2.21. The molecule has 26 heavy (non-hydrogen) atoms. The van der Waals surface area contributed by atoms with Crippen molar-refractivity contribution in [3.63, 3.8) is 0 Å². The van der Waals surface area contributed by atoms with Gasteiger partial charge in [-0.05, 0) is 38.3 Å². The molecule has 0 unspecified atom stereocenters. The van der Waals surface area contributed by atoms with E-state index in [4.69, 9.17) is 0 Å². The molecular formula is C18H25N5O3. The number of amides is 1. The van der Waals surface area contributed by atoms with Crippen LogP contribution >= 0.6 is 0 Å². The quantitative estimate of drug-likeness (QED) is 0.786. The molecule has 2 N–H and O–H groups in total. The van der Waals surface area contributed by atoms with Gasteiger partial charge in [0.2, 0.25) is 5.91 Å². The first kappa shape index (κ1) is 19.4. The monoisotopic (exact) mass is 359 g/mol. The molecule has 2 rings (SSSR count). The van der Waals surface area contributed by atoms with Crippen LogP contribution in [0.1, 0.15) is 40.7 Å². The molecule has 0 aliphatic carbocycles. The minimum absolute atomic E-state index is 0.0625. The third-order valence-corrected chi connectivity index (χ3v) is 4.36. The number of rotatable bonds is 7. The number of carboxylic acid groups (broad SMARTS) is 1. The van der Waals surface area contributed by atoms with E-state index in [0.29, 0.717) is 18.1 Å². The SMILES string of the molecule is CC(=O)Nc1cnc(N(C)CCCc2c(C)nn(C)c2C)c(C(=O)O)c1. The first-order valence-electron chi connectivity index (χ1n) is 8.41. The zero-order valence-electron chi connectivity index (χ0n) is 15.8. The second-order valence-corrected chi connectivity index (χ2v) is 6.38. The van der Waals surface area contributed by atoms with Gasteiger partial charge < -0.3 is 15.3 Å². The van der Waals surface area contributed by atoms with E-state index in [1.54, 1.807) is 0 Å². The molecule has 0 fully saturated rings. The van der Waals surface area contributed by atoms with Crippen LogP contribution in [0.4, 0.5) is 11.5 Å². The molecule has 0 aromatic carbocycles. The maximum absolute atomic E-state index is 11.6. The van der Waals surface area contributed by atoms with Crippen LogP contribution in [0, 0.1) is 13.8 Å². The number of hydrogen-bond donors (Lipinski definition) is 2. The van der Waals surface area contributed by atoms with Gasteiger partial charge in [-0.15, -0.1) is 0 Å². The molecule has 2 aromatic rings. The average molecular weight is 359 g/mol. The Morgan fingerprint density at radius 3 is 2.58 bits per heavy atom. The lowest BCUT2D eigenvalue weighted by Crippen LogP contribution is -2.23. The number of nitrogens with zero attached hydrogens (tertiary/aromatic N) is 4. The number of anilines is 2. The van der Waals surface area contributed by atoms with Crippen LogP contribution in [-0.2, 0) is 18.3 Å². The van der Waals surface area contributed by atoms with Gasteiger partial charge in [-0.1, -0.05) is 0 Å². The lowest BCUT2D eigenvalue weighted by molar-refractivity contribution is -0.114. The molecule has 0 atom stereocenters. The van der Waals surface area contributed by atoms with E-state index in [9.17, 15) is 14.7 Å². The molecule has 1 amide bonds. The van der Waals surface area contributed by atoms with E-state index in [0.717, 1.165) is 24.2 Å². The predicted octanol–water partition coefficient (Wildman–Crippen LogP) is 2.16. The summed E-state index contributed by atoms with van der Waals surface area (Å²) in [6.07, 6.45) is 3.18. The third kappa shape index (κ3) is 4.38. The summed E-state index contributed by atoms with van der Waals surface area (Å²) in [6.45, 7) is 6.06. The summed E-state index contributed by atoms with van der Waals surface area (Å²) >= 11 is 0. The second-order valence-electron chi connectivity index (χ2n) is 6.38. The molecule has 0 aliphatic heterocycles. The summed E-state index contributed by atoms with van der Waals surface area (Å²) in [5, 5.41) is 16.4. The Balaban J connectivity index is 2.09. The molecule has 0 radical (unpaired) electrons. The lowest BCUT2D eigenvalue weighted by atomic mass is 10.1. The number of hydrogen-bond acceptors (Lipinski definition) is 5. The molecule has 140 valence electrons. The Hall–Kier alpha value is -2.90. The van der Waals surface area contributed by atoms with Gasteiger partial charge in [0.15, 0.2) is 0 Å². The van der Waals surface area contributed by atoms with E-state index in [-0.39, 0.29) is 11.5 Å². The Labute approximate surface area is 152 Å². The van der Waals surface area contributed by atoms with Crippen LogP contribution < -0.4 is 10.2 Å². The first-order chi connectivity index (χ1) is 12.2. The van der Waals surface area contributed by atoms with Gasteiger partial charge in [0.1, 0.15) is 11.4 Å². The lowest BCUT2D eigenvalue weighted by Gasteiger charge is -2.20. The average Bonchev–Trinajstić information content (AvgIpc) is 2.80. The Morgan fingerprint density at radius 2 is 2.04 bits per heavy atom. The van der Waals surface area contributed by atoms with Crippen LogP contribution in [0.25, 0.3) is 0 Å². The van der Waals surface area contributed by atoms with E-state index < -0.39 is 5.97 Å². The fourth-order valence-electron chi connectivity index (χ4n) is 2.97. The highest BCUT2D eigenvalue weighted by molar-refractivity contribution is 5.96. The van der Waals surface area contributed by atoms with E-state index in [1.165, 1.54) is 24.8 Å². The van der Waals surface area contributed by atoms with Gasteiger partial charge in [0.25, 0.3) is 0 Å². The molecule has 8 nitrogen and oxygen atoms in total. The van der Waals surface area contributed by atoms with Crippen molar-refractivity contribution in [2.24, 2.45) is 7.05 Å². The fraction of sp³-hybridized carbons (Fsp3) is 0.444. The topological polar surface area (TPSA) is 100 Å². The summed E-state index contributed by atoms with van der Waals surface area (Å²) < 4.78 is 1.87. The number of carbonyl (C=O) groups excluding carboxylic acids is 1. The fourth-order valence-corrected chi connectivity index (χ4v) is 2.97. The van der Waals surface area contributed by atoms with Gasteiger partial charge in [-0.3, -0.25) is 9.48 Å². The third-order valence-electron chi connectivity index (χ3n) is 4.36. The Bertz CT molecular complexity index is 828. The number of aromatic carboxylic acids is 1. The maximum Gasteiger partial charge on any atom is 0.339 e. The van der Waals surface area contributed by atoms with Crippen molar-refractivity contribution in [2.75, 3.05) is 23.8 Å². The minimum Gasteiger partial charge on any atom is -0.478 e. The zero-order valence-corrected chi connectivity index (χ0v) is 15.8. The maximum atomic E-state index is 11.6. The number of carboxylic acids is 1. The van der Waals surface area contributed by atoms with Gasteiger partial charge in [-0.2, -0.15) is 5.10 Å². The van der Waals surface area contributed by atoms with Crippen molar-refractivity contribution < 1.29 is 14.7 Å². The highest BCUT2D eigenvalue weighted by atomic mass is 16.4. The standard InChI is InChI=1S/C18H25N5O3/c1-11-15(12(2)23(5)21-11)7-6-8-22(4)17-16(18(25)26)9-14(10-19-17)20-13(3)24/h9-10H,6-8H2,1-5H3,(H,20,24)(H,25,26). The van der Waals surface area contributed by atoms with Crippen LogP contribution in [0.15, 0.2) is 12.3 Å². The van der Waals surface area contributed by atoms with Crippen LogP contribution in [-0.4, -0.2) is 45.3 Å². The summed E-state index contributed by atoms with van der Waals surface area (Å²) in [5.74, 6) is -0.969. The number of carbonyl (C=O) groups is 2. The molecule has 0 spiro atoms. The summed E-state index contributed by atoms with van der Waals surface area (Å²) in [7, 11) is 3.74. The number of pyridine rings is 1. The van der Waals surface area contributed by atoms with Crippen LogP contribution in [0.2, 0.25) is 0 Å². The van der Waals surface area contributed by atoms with Gasteiger partial charge in [0, 0.05) is 33.3 Å². The normalized spacial score (nSPS) is 10.7. The molecule has 2 heterocycles. The minimum atomic E-state index is -1.08. The van der Waals surface area contributed by atoms with Crippen molar-refractivity contribution in [1.82, 2.24) is 14.8 Å². The van der Waals surface area contributed by atoms with Crippen molar-refractivity contribution in [1.29, 1.82) is 0 Å². The molecule has 8 heteroatoms. The Kier molecular flexibility index (Phi) is 5.97. The molecule has 0 saturated carbocycles.